The average molecular weight is 307 g/mol. The molecule has 1 N–H and O–H groups in total. The number of carbonyl (C=O) groups excluding carboxylic acids is 2. The van der Waals surface area contributed by atoms with Gasteiger partial charge in [-0.25, -0.2) is 0 Å². The van der Waals surface area contributed by atoms with E-state index in [0.29, 0.717) is 18.5 Å². The van der Waals surface area contributed by atoms with Gasteiger partial charge in [0.1, 0.15) is 6.04 Å². The van der Waals surface area contributed by atoms with Gasteiger partial charge in [-0.3, -0.25) is 9.59 Å². The summed E-state index contributed by atoms with van der Waals surface area (Å²) in [6.07, 6.45) is 1.55. The maximum atomic E-state index is 12.2. The molecule has 1 aliphatic heterocycles. The summed E-state index contributed by atoms with van der Waals surface area (Å²) >= 11 is 0. The van der Waals surface area contributed by atoms with E-state index in [2.05, 4.69) is 11.4 Å². The van der Waals surface area contributed by atoms with Crippen molar-refractivity contribution >= 4 is 22.6 Å². The summed E-state index contributed by atoms with van der Waals surface area (Å²) in [6.45, 7) is 0.507. The number of hydrogen-bond acceptors (Lipinski definition) is 3. The molecule has 0 aliphatic carbocycles. The van der Waals surface area contributed by atoms with Crippen molar-refractivity contribution in [1.29, 1.82) is 5.26 Å². The summed E-state index contributed by atoms with van der Waals surface area (Å²) in [5.74, 6) is -0.486. The van der Waals surface area contributed by atoms with Crippen LogP contribution in [-0.4, -0.2) is 35.8 Å². The summed E-state index contributed by atoms with van der Waals surface area (Å²) in [4.78, 5) is 25.9. The van der Waals surface area contributed by atoms with E-state index in [9.17, 15) is 9.59 Å². The molecular weight excluding hydrogens is 290 g/mol. The quantitative estimate of drug-likeness (QED) is 0.943. The van der Waals surface area contributed by atoms with Gasteiger partial charge in [0.2, 0.25) is 5.91 Å². The number of likely N-dealkylation sites (tertiary alicyclic amines) is 1. The number of nitrogens with zero attached hydrogens (tertiary/aromatic N) is 2. The van der Waals surface area contributed by atoms with E-state index >= 15 is 0 Å². The second kappa shape index (κ2) is 6.49. The first-order valence-electron chi connectivity index (χ1n) is 7.65. The predicted molar refractivity (Wildman–Crippen MR) is 86.6 cm³/mol. The van der Waals surface area contributed by atoms with E-state index in [1.807, 2.05) is 36.4 Å². The molecule has 2 aromatic carbocycles. The Hall–Kier alpha value is -2.87. The lowest BCUT2D eigenvalue weighted by atomic mass is 10.1. The van der Waals surface area contributed by atoms with Crippen molar-refractivity contribution in [3.63, 3.8) is 0 Å². The molecule has 1 aliphatic rings. The summed E-state index contributed by atoms with van der Waals surface area (Å²) in [6, 6.07) is 15.0. The van der Waals surface area contributed by atoms with E-state index in [1.54, 1.807) is 11.0 Å². The van der Waals surface area contributed by atoms with Gasteiger partial charge in [0.05, 0.1) is 12.6 Å². The highest BCUT2D eigenvalue weighted by molar-refractivity contribution is 6.00. The monoisotopic (exact) mass is 307 g/mol. The number of amides is 2. The van der Waals surface area contributed by atoms with Gasteiger partial charge in [0.15, 0.2) is 0 Å². The molecule has 0 saturated carbocycles. The molecule has 0 spiro atoms. The van der Waals surface area contributed by atoms with Gasteiger partial charge >= 0.3 is 0 Å². The summed E-state index contributed by atoms with van der Waals surface area (Å²) in [7, 11) is 0. The number of rotatable bonds is 3. The molecule has 0 aromatic heterocycles. The molecule has 1 saturated heterocycles. The lowest BCUT2D eigenvalue weighted by Crippen LogP contribution is -2.42. The zero-order valence-electron chi connectivity index (χ0n) is 12.7. The smallest absolute Gasteiger partial charge is 0.251 e. The van der Waals surface area contributed by atoms with Crippen LogP contribution >= 0.6 is 0 Å². The first-order valence-corrected chi connectivity index (χ1v) is 7.65. The lowest BCUT2D eigenvalue weighted by Gasteiger charge is -2.19. The Balaban J connectivity index is 1.64. The van der Waals surface area contributed by atoms with Gasteiger partial charge in [-0.05, 0) is 35.7 Å². The summed E-state index contributed by atoms with van der Waals surface area (Å²) < 4.78 is 0. The third-order valence-corrected chi connectivity index (χ3v) is 4.13. The Morgan fingerprint density at radius 2 is 2.00 bits per heavy atom. The Morgan fingerprint density at radius 3 is 2.78 bits per heavy atom. The van der Waals surface area contributed by atoms with Crippen LogP contribution in [0.5, 0.6) is 0 Å². The van der Waals surface area contributed by atoms with E-state index in [0.717, 1.165) is 17.2 Å². The van der Waals surface area contributed by atoms with Crippen molar-refractivity contribution in [2.24, 2.45) is 0 Å². The van der Waals surface area contributed by atoms with Gasteiger partial charge in [-0.1, -0.05) is 30.3 Å². The number of hydrogen-bond donors (Lipinski definition) is 1. The SMILES string of the molecule is N#C[C@@H]1CCCN1C(=O)CNC(=O)c1ccc2ccccc2c1. The lowest BCUT2D eigenvalue weighted by molar-refractivity contribution is -0.130. The summed E-state index contributed by atoms with van der Waals surface area (Å²) in [5, 5.41) is 13.7. The molecule has 2 amide bonds. The van der Waals surface area contributed by atoms with Gasteiger partial charge in [0, 0.05) is 12.1 Å². The minimum Gasteiger partial charge on any atom is -0.343 e. The number of carbonyl (C=O) groups is 2. The van der Waals surface area contributed by atoms with E-state index in [1.165, 1.54) is 0 Å². The third-order valence-electron chi connectivity index (χ3n) is 4.13. The standard InChI is InChI=1S/C18H17N3O2/c19-11-16-6-3-9-21(16)17(22)12-20-18(23)15-8-7-13-4-1-2-5-14(13)10-15/h1-2,4-5,7-8,10,16H,3,6,9,12H2,(H,20,23)/t16-/m0/s1. The van der Waals surface area contributed by atoms with Crippen molar-refractivity contribution < 1.29 is 9.59 Å². The van der Waals surface area contributed by atoms with Crippen LogP contribution in [0.1, 0.15) is 23.2 Å². The van der Waals surface area contributed by atoms with Crippen LogP contribution in [0.3, 0.4) is 0 Å². The molecule has 1 atom stereocenters. The molecule has 5 heteroatoms. The molecule has 3 rings (SSSR count). The van der Waals surface area contributed by atoms with E-state index in [-0.39, 0.29) is 24.4 Å². The normalized spacial score (nSPS) is 17.0. The minimum absolute atomic E-state index is 0.0795. The van der Waals surface area contributed by atoms with Gasteiger partial charge < -0.3 is 10.2 Å². The highest BCUT2D eigenvalue weighted by Crippen LogP contribution is 2.17. The molecule has 0 unspecified atom stereocenters. The molecular formula is C18H17N3O2. The van der Waals surface area contributed by atoms with Gasteiger partial charge in [-0.15, -0.1) is 0 Å². The molecule has 1 fully saturated rings. The number of nitriles is 1. The first kappa shape index (κ1) is 15.0. The summed E-state index contributed by atoms with van der Waals surface area (Å²) in [5.41, 5.74) is 0.523. The molecule has 1 heterocycles. The van der Waals surface area contributed by atoms with Crippen molar-refractivity contribution in [2.45, 2.75) is 18.9 Å². The van der Waals surface area contributed by atoms with E-state index in [4.69, 9.17) is 5.26 Å². The molecule has 5 nitrogen and oxygen atoms in total. The fourth-order valence-electron chi connectivity index (χ4n) is 2.89. The fraction of sp³-hybridized carbons (Fsp3) is 0.278. The largest absolute Gasteiger partial charge is 0.343 e. The number of benzene rings is 2. The van der Waals surface area contributed by atoms with Crippen LogP contribution in [0.25, 0.3) is 10.8 Å². The zero-order chi connectivity index (χ0) is 16.2. The second-order valence-corrected chi connectivity index (χ2v) is 5.62. The average Bonchev–Trinajstić information content (AvgIpc) is 3.07. The molecule has 0 bridgehead atoms. The molecule has 0 radical (unpaired) electrons. The maximum absolute atomic E-state index is 12.2. The second-order valence-electron chi connectivity index (χ2n) is 5.62. The minimum atomic E-state index is -0.361. The zero-order valence-corrected chi connectivity index (χ0v) is 12.7. The van der Waals surface area contributed by atoms with Crippen LogP contribution in [-0.2, 0) is 4.79 Å². The third kappa shape index (κ3) is 3.16. The van der Waals surface area contributed by atoms with Crippen molar-refractivity contribution in [1.82, 2.24) is 10.2 Å². The number of nitrogens with one attached hydrogen (secondary N) is 1. The Bertz CT molecular complexity index is 794. The first-order chi connectivity index (χ1) is 11.2. The van der Waals surface area contributed by atoms with Crippen LogP contribution < -0.4 is 5.32 Å². The Kier molecular flexibility index (Phi) is 4.24. The Labute approximate surface area is 134 Å². The van der Waals surface area contributed by atoms with Gasteiger partial charge in [0.25, 0.3) is 5.91 Å². The molecule has 23 heavy (non-hydrogen) atoms. The molecule has 116 valence electrons. The van der Waals surface area contributed by atoms with Gasteiger partial charge in [-0.2, -0.15) is 5.26 Å². The molecule has 2 aromatic rings. The highest BCUT2D eigenvalue weighted by atomic mass is 16.2. The van der Waals surface area contributed by atoms with E-state index < -0.39 is 0 Å². The number of fused-ring (bicyclic) bond motifs is 1. The Morgan fingerprint density at radius 1 is 1.22 bits per heavy atom. The maximum Gasteiger partial charge on any atom is 0.251 e. The van der Waals surface area contributed by atoms with Crippen LogP contribution in [0.2, 0.25) is 0 Å². The van der Waals surface area contributed by atoms with Crippen molar-refractivity contribution in [3.8, 4) is 6.07 Å². The van der Waals surface area contributed by atoms with Crippen LogP contribution in [0, 0.1) is 11.3 Å². The topological polar surface area (TPSA) is 73.2 Å². The van der Waals surface area contributed by atoms with Crippen molar-refractivity contribution in [3.05, 3.63) is 48.0 Å². The fourth-order valence-corrected chi connectivity index (χ4v) is 2.89. The van der Waals surface area contributed by atoms with Crippen LogP contribution in [0.15, 0.2) is 42.5 Å². The van der Waals surface area contributed by atoms with Crippen LogP contribution in [0.4, 0.5) is 0 Å². The van der Waals surface area contributed by atoms with Crippen molar-refractivity contribution in [2.75, 3.05) is 13.1 Å². The highest BCUT2D eigenvalue weighted by Gasteiger charge is 2.28. The predicted octanol–water partition coefficient (Wildman–Crippen LogP) is 2.08.